The van der Waals surface area contributed by atoms with E-state index < -0.39 is 5.63 Å². The Labute approximate surface area is 138 Å². The summed E-state index contributed by atoms with van der Waals surface area (Å²) in [5, 5.41) is 0.827. The van der Waals surface area contributed by atoms with E-state index >= 15 is 0 Å². The SMILES string of the molecule is O=c1oc2ccccc2cc1Oc1ccc(-c2ccccc2)cc1. The van der Waals surface area contributed by atoms with Crippen molar-refractivity contribution in [3.05, 3.63) is 95.3 Å². The standard InChI is InChI=1S/C21H14O3/c22-21-20(14-17-8-4-5-9-19(17)24-21)23-18-12-10-16(11-13-18)15-6-2-1-3-7-15/h1-14H. The first kappa shape index (κ1) is 14.3. The number of benzene rings is 3. The average Bonchev–Trinajstić information content (AvgIpc) is 2.64. The first-order chi connectivity index (χ1) is 11.8. The van der Waals surface area contributed by atoms with Gasteiger partial charge >= 0.3 is 5.63 Å². The van der Waals surface area contributed by atoms with Crippen LogP contribution in [-0.2, 0) is 0 Å². The summed E-state index contributed by atoms with van der Waals surface area (Å²) in [5.74, 6) is 0.776. The molecule has 4 rings (SSSR count). The second kappa shape index (κ2) is 6.05. The van der Waals surface area contributed by atoms with Gasteiger partial charge in [0.15, 0.2) is 0 Å². The Bertz CT molecular complexity index is 1030. The van der Waals surface area contributed by atoms with Crippen LogP contribution in [-0.4, -0.2) is 0 Å². The van der Waals surface area contributed by atoms with Crippen molar-refractivity contribution in [2.75, 3.05) is 0 Å². The second-order valence-electron chi connectivity index (χ2n) is 5.43. The van der Waals surface area contributed by atoms with Crippen LogP contribution in [0.25, 0.3) is 22.1 Å². The van der Waals surface area contributed by atoms with Gasteiger partial charge in [-0.25, -0.2) is 4.79 Å². The molecule has 24 heavy (non-hydrogen) atoms. The van der Waals surface area contributed by atoms with Crippen LogP contribution in [0.1, 0.15) is 0 Å². The van der Waals surface area contributed by atoms with Gasteiger partial charge in [-0.05, 0) is 35.4 Å². The molecule has 0 saturated heterocycles. The zero-order valence-electron chi connectivity index (χ0n) is 12.8. The number of rotatable bonds is 3. The molecule has 0 spiro atoms. The van der Waals surface area contributed by atoms with Gasteiger partial charge in [0.1, 0.15) is 11.3 Å². The molecule has 0 amide bonds. The monoisotopic (exact) mass is 314 g/mol. The van der Waals surface area contributed by atoms with E-state index in [1.807, 2.05) is 72.8 Å². The summed E-state index contributed by atoms with van der Waals surface area (Å²) in [6.45, 7) is 0. The highest BCUT2D eigenvalue weighted by molar-refractivity contribution is 5.77. The van der Waals surface area contributed by atoms with Crippen LogP contribution < -0.4 is 10.4 Å². The van der Waals surface area contributed by atoms with E-state index in [1.165, 1.54) is 0 Å². The lowest BCUT2D eigenvalue weighted by Crippen LogP contribution is -2.02. The van der Waals surface area contributed by atoms with Gasteiger partial charge in [0.2, 0.25) is 5.75 Å². The Morgan fingerprint density at radius 3 is 2.17 bits per heavy atom. The van der Waals surface area contributed by atoms with E-state index in [0.29, 0.717) is 11.3 Å². The van der Waals surface area contributed by atoms with E-state index in [2.05, 4.69) is 0 Å². The lowest BCUT2D eigenvalue weighted by atomic mass is 10.1. The van der Waals surface area contributed by atoms with Crippen molar-refractivity contribution in [2.45, 2.75) is 0 Å². The number of para-hydroxylation sites is 1. The van der Waals surface area contributed by atoms with Gasteiger partial charge in [0.25, 0.3) is 0 Å². The summed E-state index contributed by atoms with van der Waals surface area (Å²) >= 11 is 0. The number of hydrogen-bond acceptors (Lipinski definition) is 3. The molecule has 0 aliphatic heterocycles. The molecule has 3 nitrogen and oxygen atoms in total. The predicted molar refractivity (Wildman–Crippen MR) is 94.4 cm³/mol. The normalized spacial score (nSPS) is 10.7. The molecule has 3 heteroatoms. The van der Waals surface area contributed by atoms with Crippen LogP contribution >= 0.6 is 0 Å². The van der Waals surface area contributed by atoms with E-state index in [4.69, 9.17) is 9.15 Å². The van der Waals surface area contributed by atoms with Gasteiger partial charge < -0.3 is 9.15 Å². The lowest BCUT2D eigenvalue weighted by Gasteiger charge is -2.07. The molecule has 0 fully saturated rings. The van der Waals surface area contributed by atoms with Crippen molar-refractivity contribution in [2.24, 2.45) is 0 Å². The van der Waals surface area contributed by atoms with Crippen LogP contribution in [0.3, 0.4) is 0 Å². The smallest absolute Gasteiger partial charge is 0.379 e. The maximum atomic E-state index is 12.0. The Kier molecular flexibility index (Phi) is 3.60. The van der Waals surface area contributed by atoms with E-state index in [0.717, 1.165) is 16.5 Å². The third kappa shape index (κ3) is 2.79. The van der Waals surface area contributed by atoms with Crippen molar-refractivity contribution < 1.29 is 9.15 Å². The third-order valence-electron chi connectivity index (χ3n) is 3.80. The van der Waals surface area contributed by atoms with Gasteiger partial charge in [-0.1, -0.05) is 60.7 Å². The zero-order valence-corrected chi connectivity index (χ0v) is 12.8. The highest BCUT2D eigenvalue weighted by Crippen LogP contribution is 2.25. The van der Waals surface area contributed by atoms with Crippen LogP contribution in [0.2, 0.25) is 0 Å². The van der Waals surface area contributed by atoms with E-state index in [-0.39, 0.29) is 5.75 Å². The predicted octanol–water partition coefficient (Wildman–Crippen LogP) is 5.25. The molecule has 1 heterocycles. The minimum atomic E-state index is -0.485. The fraction of sp³-hybridized carbons (Fsp3) is 0. The fourth-order valence-corrected chi connectivity index (χ4v) is 2.59. The Hall–Kier alpha value is -3.33. The van der Waals surface area contributed by atoms with Gasteiger partial charge in [0.05, 0.1) is 0 Å². The molecular weight excluding hydrogens is 300 g/mol. The molecule has 0 aliphatic carbocycles. The summed E-state index contributed by atoms with van der Waals surface area (Å²) in [4.78, 5) is 12.0. The molecule has 1 aromatic heterocycles. The molecular formula is C21H14O3. The van der Waals surface area contributed by atoms with E-state index in [1.54, 1.807) is 12.1 Å². The molecule has 116 valence electrons. The Morgan fingerprint density at radius 2 is 1.38 bits per heavy atom. The Morgan fingerprint density at radius 1 is 0.708 bits per heavy atom. The second-order valence-corrected chi connectivity index (χ2v) is 5.43. The first-order valence-corrected chi connectivity index (χ1v) is 7.66. The molecule has 3 aromatic carbocycles. The van der Waals surface area contributed by atoms with Crippen LogP contribution in [0.5, 0.6) is 11.5 Å². The average molecular weight is 314 g/mol. The lowest BCUT2D eigenvalue weighted by molar-refractivity contribution is 0.437. The highest BCUT2D eigenvalue weighted by Gasteiger charge is 2.07. The summed E-state index contributed by atoms with van der Waals surface area (Å²) in [6.07, 6.45) is 0. The maximum absolute atomic E-state index is 12.0. The van der Waals surface area contributed by atoms with Gasteiger partial charge in [-0.15, -0.1) is 0 Å². The molecule has 0 saturated carbocycles. The van der Waals surface area contributed by atoms with Crippen LogP contribution in [0.4, 0.5) is 0 Å². The quantitative estimate of drug-likeness (QED) is 0.485. The highest BCUT2D eigenvalue weighted by atomic mass is 16.5. The fourth-order valence-electron chi connectivity index (χ4n) is 2.59. The summed E-state index contributed by atoms with van der Waals surface area (Å²) < 4.78 is 11.0. The van der Waals surface area contributed by atoms with E-state index in [9.17, 15) is 4.79 Å². The van der Waals surface area contributed by atoms with Crippen molar-refractivity contribution >= 4 is 11.0 Å². The Balaban J connectivity index is 1.64. The zero-order chi connectivity index (χ0) is 16.4. The third-order valence-corrected chi connectivity index (χ3v) is 3.80. The molecule has 0 radical (unpaired) electrons. The van der Waals surface area contributed by atoms with Crippen molar-refractivity contribution in [3.63, 3.8) is 0 Å². The summed E-state index contributed by atoms with van der Waals surface area (Å²) in [7, 11) is 0. The van der Waals surface area contributed by atoms with Crippen molar-refractivity contribution in [1.82, 2.24) is 0 Å². The van der Waals surface area contributed by atoms with Gasteiger partial charge in [-0.2, -0.15) is 0 Å². The number of ether oxygens (including phenoxy) is 1. The van der Waals surface area contributed by atoms with Crippen LogP contribution in [0, 0.1) is 0 Å². The maximum Gasteiger partial charge on any atom is 0.379 e. The van der Waals surface area contributed by atoms with Gasteiger partial charge in [0, 0.05) is 5.39 Å². The largest absolute Gasteiger partial charge is 0.450 e. The topological polar surface area (TPSA) is 39.4 Å². The number of hydrogen-bond donors (Lipinski definition) is 0. The van der Waals surface area contributed by atoms with Crippen molar-refractivity contribution in [3.8, 4) is 22.6 Å². The molecule has 4 aromatic rings. The molecule has 0 aliphatic rings. The minimum Gasteiger partial charge on any atom is -0.450 e. The molecule has 0 bridgehead atoms. The summed E-state index contributed by atoms with van der Waals surface area (Å²) in [6, 6.07) is 26.8. The first-order valence-electron chi connectivity index (χ1n) is 7.66. The molecule has 0 atom stereocenters. The van der Waals surface area contributed by atoms with Crippen LogP contribution in [0.15, 0.2) is 94.1 Å². The summed E-state index contributed by atoms with van der Waals surface area (Å²) in [5.41, 5.74) is 2.29. The van der Waals surface area contributed by atoms with Gasteiger partial charge in [-0.3, -0.25) is 0 Å². The van der Waals surface area contributed by atoms with Crippen molar-refractivity contribution in [1.29, 1.82) is 0 Å². The minimum absolute atomic E-state index is 0.182. The number of fused-ring (bicyclic) bond motifs is 1. The molecule has 0 N–H and O–H groups in total. The molecule has 0 unspecified atom stereocenters.